The number of carbonyl (C=O) groups excluding carboxylic acids is 2. The van der Waals surface area contributed by atoms with Crippen LogP contribution in [-0.2, 0) is 24.3 Å². The Kier molecular flexibility index (Phi) is 4.85. The molecule has 10 nitrogen and oxygen atoms in total. The molecular weight excluding hydrogens is 426 g/mol. The Balaban J connectivity index is 1.39. The SMILES string of the molecule is COc1ccc(N2C(=O)C3Cc4c(ncn4Cc4ccc([N+](=O)[O-])c(C)c4)CN3C2=O)cc1. The van der Waals surface area contributed by atoms with Gasteiger partial charge >= 0.3 is 6.03 Å². The van der Waals surface area contributed by atoms with Gasteiger partial charge in [-0.1, -0.05) is 6.07 Å². The van der Waals surface area contributed by atoms with Crippen LogP contribution in [0.1, 0.15) is 22.5 Å². The number of fused-ring (bicyclic) bond motifs is 2. The van der Waals surface area contributed by atoms with Crippen molar-refractivity contribution in [3.63, 3.8) is 0 Å². The summed E-state index contributed by atoms with van der Waals surface area (Å²) in [6.45, 7) is 2.43. The quantitative estimate of drug-likeness (QED) is 0.338. The molecule has 3 heterocycles. The smallest absolute Gasteiger partial charge is 0.332 e. The van der Waals surface area contributed by atoms with Crippen LogP contribution in [0, 0.1) is 17.0 Å². The molecule has 10 heteroatoms. The van der Waals surface area contributed by atoms with Gasteiger partial charge < -0.3 is 14.2 Å². The summed E-state index contributed by atoms with van der Waals surface area (Å²) in [4.78, 5) is 44.2. The summed E-state index contributed by atoms with van der Waals surface area (Å²) >= 11 is 0. The topological polar surface area (TPSA) is 111 Å². The number of nitro groups is 1. The van der Waals surface area contributed by atoms with Gasteiger partial charge in [-0.2, -0.15) is 0 Å². The molecule has 168 valence electrons. The number of imide groups is 1. The summed E-state index contributed by atoms with van der Waals surface area (Å²) in [6, 6.07) is 10.9. The molecule has 33 heavy (non-hydrogen) atoms. The number of aryl methyl sites for hydroxylation is 1. The first kappa shape index (κ1) is 20.7. The number of carbonyl (C=O) groups is 2. The lowest BCUT2D eigenvalue weighted by atomic mass is 10.0. The molecule has 0 spiro atoms. The first-order valence-electron chi connectivity index (χ1n) is 10.4. The third kappa shape index (κ3) is 3.39. The highest BCUT2D eigenvalue weighted by Crippen LogP contribution is 2.33. The molecule has 0 bridgehead atoms. The normalized spacial score (nSPS) is 17.2. The molecule has 3 amide bonds. The van der Waals surface area contributed by atoms with E-state index >= 15 is 0 Å². The summed E-state index contributed by atoms with van der Waals surface area (Å²) in [7, 11) is 1.55. The van der Waals surface area contributed by atoms with Crippen LogP contribution < -0.4 is 9.64 Å². The Morgan fingerprint density at radius 1 is 1.18 bits per heavy atom. The maximum absolute atomic E-state index is 13.2. The van der Waals surface area contributed by atoms with E-state index in [0.29, 0.717) is 30.0 Å². The van der Waals surface area contributed by atoms with Crippen molar-refractivity contribution in [3.05, 3.63) is 81.4 Å². The predicted octanol–water partition coefficient (Wildman–Crippen LogP) is 3.05. The van der Waals surface area contributed by atoms with Gasteiger partial charge in [-0.05, 0) is 42.8 Å². The molecule has 5 rings (SSSR count). The maximum atomic E-state index is 13.2. The number of anilines is 1. The Morgan fingerprint density at radius 2 is 1.94 bits per heavy atom. The van der Waals surface area contributed by atoms with Crippen LogP contribution in [-0.4, -0.2) is 44.5 Å². The first-order chi connectivity index (χ1) is 15.9. The lowest BCUT2D eigenvalue weighted by molar-refractivity contribution is -0.385. The van der Waals surface area contributed by atoms with Gasteiger partial charge in [-0.3, -0.25) is 14.9 Å². The first-order valence-corrected chi connectivity index (χ1v) is 10.4. The molecule has 1 unspecified atom stereocenters. The Hall–Kier alpha value is -4.21. The van der Waals surface area contributed by atoms with Gasteiger partial charge in [0.15, 0.2) is 0 Å². The summed E-state index contributed by atoms with van der Waals surface area (Å²) in [6.07, 6.45) is 2.05. The van der Waals surface area contributed by atoms with Gasteiger partial charge in [0.05, 0.1) is 36.3 Å². The third-order valence-corrected chi connectivity index (χ3v) is 6.20. The van der Waals surface area contributed by atoms with E-state index < -0.39 is 11.0 Å². The Morgan fingerprint density at radius 3 is 2.61 bits per heavy atom. The van der Waals surface area contributed by atoms with Gasteiger partial charge in [-0.25, -0.2) is 14.7 Å². The fraction of sp³-hybridized carbons (Fsp3) is 0.261. The standard InChI is InChI=1S/C23H21N5O5/c1-14-9-15(3-8-19(14)28(31)32)11-25-13-24-18-12-26-21(10-20(18)25)22(29)27(23(26)30)16-4-6-17(33-2)7-5-16/h3-9,13,21H,10-12H2,1-2H3. The van der Waals surface area contributed by atoms with Crippen LogP contribution in [0.5, 0.6) is 5.75 Å². The summed E-state index contributed by atoms with van der Waals surface area (Å²) in [5, 5.41) is 11.1. The molecule has 0 aliphatic carbocycles. The van der Waals surface area contributed by atoms with Gasteiger partial charge in [-0.15, -0.1) is 0 Å². The molecule has 3 aromatic rings. The molecule has 2 aromatic carbocycles. The van der Waals surface area contributed by atoms with Crippen molar-refractivity contribution < 1.29 is 19.2 Å². The maximum Gasteiger partial charge on any atom is 0.332 e. The number of amides is 3. The Bertz CT molecular complexity index is 1280. The predicted molar refractivity (Wildman–Crippen MR) is 118 cm³/mol. The second-order valence-electron chi connectivity index (χ2n) is 8.15. The summed E-state index contributed by atoms with van der Waals surface area (Å²) < 4.78 is 7.10. The van der Waals surface area contributed by atoms with Gasteiger partial charge in [0, 0.05) is 30.3 Å². The zero-order valence-corrected chi connectivity index (χ0v) is 18.1. The molecule has 0 radical (unpaired) electrons. The highest BCUT2D eigenvalue weighted by atomic mass is 16.6. The van der Waals surface area contributed by atoms with E-state index in [1.165, 1.54) is 11.0 Å². The van der Waals surface area contributed by atoms with Crippen molar-refractivity contribution in [2.24, 2.45) is 0 Å². The van der Waals surface area contributed by atoms with Crippen molar-refractivity contribution >= 4 is 23.3 Å². The van der Waals surface area contributed by atoms with Gasteiger partial charge in [0.2, 0.25) is 0 Å². The minimum Gasteiger partial charge on any atom is -0.497 e. The second-order valence-corrected chi connectivity index (χ2v) is 8.15. The van der Waals surface area contributed by atoms with Crippen LogP contribution in [0.2, 0.25) is 0 Å². The third-order valence-electron chi connectivity index (χ3n) is 6.20. The lowest BCUT2D eigenvalue weighted by Gasteiger charge is -2.27. The van der Waals surface area contributed by atoms with Crippen molar-refractivity contribution in [1.82, 2.24) is 14.5 Å². The van der Waals surface area contributed by atoms with Crippen molar-refractivity contribution in [1.29, 1.82) is 0 Å². The number of hydrogen-bond donors (Lipinski definition) is 0. The largest absolute Gasteiger partial charge is 0.497 e. The van der Waals surface area contributed by atoms with E-state index in [9.17, 15) is 19.7 Å². The molecule has 1 aromatic heterocycles. The van der Waals surface area contributed by atoms with Crippen LogP contribution in [0.15, 0.2) is 48.8 Å². The zero-order chi connectivity index (χ0) is 23.3. The van der Waals surface area contributed by atoms with Crippen molar-refractivity contribution in [3.8, 4) is 5.75 Å². The fourth-order valence-electron chi connectivity index (χ4n) is 4.50. The number of aromatic nitrogens is 2. The number of ether oxygens (including phenoxy) is 1. The monoisotopic (exact) mass is 447 g/mol. The minimum atomic E-state index is -0.596. The number of methoxy groups -OCH3 is 1. The summed E-state index contributed by atoms with van der Waals surface area (Å²) in [5.41, 5.74) is 3.71. The van der Waals surface area contributed by atoms with Crippen molar-refractivity contribution in [2.45, 2.75) is 32.5 Å². The molecule has 1 saturated heterocycles. The number of urea groups is 1. The highest BCUT2D eigenvalue weighted by molar-refractivity contribution is 6.21. The van der Waals surface area contributed by atoms with Crippen LogP contribution in [0.3, 0.4) is 0 Å². The van der Waals surface area contributed by atoms with Gasteiger partial charge in [0.25, 0.3) is 11.6 Å². The molecule has 1 fully saturated rings. The zero-order valence-electron chi connectivity index (χ0n) is 18.1. The molecule has 1 atom stereocenters. The average Bonchev–Trinajstić information content (AvgIpc) is 3.30. The van der Waals surface area contributed by atoms with E-state index in [1.54, 1.807) is 61.7 Å². The average molecular weight is 447 g/mol. The number of benzene rings is 2. The van der Waals surface area contributed by atoms with E-state index in [4.69, 9.17) is 4.74 Å². The molecule has 0 N–H and O–H groups in total. The second kappa shape index (κ2) is 7.73. The number of nitro benzene ring substituents is 1. The number of imidazole rings is 1. The molecular formula is C23H21N5O5. The van der Waals surface area contributed by atoms with Crippen LogP contribution in [0.4, 0.5) is 16.2 Å². The minimum absolute atomic E-state index is 0.0794. The Labute approximate surface area is 189 Å². The molecule has 0 saturated carbocycles. The number of rotatable bonds is 5. The number of hydrogen-bond acceptors (Lipinski definition) is 6. The van der Waals surface area contributed by atoms with E-state index in [1.807, 2.05) is 4.57 Å². The van der Waals surface area contributed by atoms with Crippen LogP contribution >= 0.6 is 0 Å². The highest BCUT2D eigenvalue weighted by Gasteiger charge is 2.49. The fourth-order valence-corrected chi connectivity index (χ4v) is 4.50. The van der Waals surface area contributed by atoms with Gasteiger partial charge in [0.1, 0.15) is 11.8 Å². The lowest BCUT2D eigenvalue weighted by Crippen LogP contribution is -2.40. The molecule has 2 aliphatic heterocycles. The summed E-state index contributed by atoms with van der Waals surface area (Å²) in [5.74, 6) is 0.373. The van der Waals surface area contributed by atoms with E-state index in [2.05, 4.69) is 4.98 Å². The van der Waals surface area contributed by atoms with E-state index in [-0.39, 0.29) is 24.2 Å². The molecule has 2 aliphatic rings. The van der Waals surface area contributed by atoms with Crippen molar-refractivity contribution in [2.75, 3.05) is 12.0 Å². The van der Waals surface area contributed by atoms with Crippen LogP contribution in [0.25, 0.3) is 0 Å². The number of nitrogens with zero attached hydrogens (tertiary/aromatic N) is 5. The van der Waals surface area contributed by atoms with E-state index in [0.717, 1.165) is 17.0 Å².